The van der Waals surface area contributed by atoms with E-state index in [0.29, 0.717) is 19.3 Å². The van der Waals surface area contributed by atoms with Gasteiger partial charge in [0.1, 0.15) is 5.92 Å². The summed E-state index contributed by atoms with van der Waals surface area (Å²) in [5, 5.41) is 0. The molecule has 1 aliphatic rings. The van der Waals surface area contributed by atoms with Crippen LogP contribution in [-0.4, -0.2) is 31.1 Å². The highest BCUT2D eigenvalue weighted by atomic mass is 16.5. The Kier molecular flexibility index (Phi) is 3.95. The highest BCUT2D eigenvalue weighted by Crippen LogP contribution is 2.19. The fourth-order valence-electron chi connectivity index (χ4n) is 1.61. The topological polar surface area (TPSA) is 60.4 Å². The summed E-state index contributed by atoms with van der Waals surface area (Å²) in [6.07, 6.45) is 1.45. The lowest BCUT2D eigenvalue weighted by Crippen LogP contribution is -2.35. The molecule has 14 heavy (non-hydrogen) atoms. The van der Waals surface area contributed by atoms with Crippen molar-refractivity contribution in [2.75, 3.05) is 13.7 Å². The van der Waals surface area contributed by atoms with Crippen molar-refractivity contribution in [2.24, 2.45) is 5.92 Å². The van der Waals surface area contributed by atoms with Gasteiger partial charge >= 0.3 is 0 Å². The number of hydrogen-bond acceptors (Lipinski definition) is 4. The van der Waals surface area contributed by atoms with Crippen LogP contribution < -0.4 is 0 Å². The van der Waals surface area contributed by atoms with Crippen molar-refractivity contribution in [2.45, 2.75) is 25.7 Å². The first-order valence-corrected chi connectivity index (χ1v) is 4.74. The number of Topliss-reactive ketones (excluding diaryl/α,β-unsaturated/α-hetero) is 3. The van der Waals surface area contributed by atoms with Crippen LogP contribution >= 0.6 is 0 Å². The Hall–Kier alpha value is -1.03. The molecule has 0 N–H and O–H groups in total. The van der Waals surface area contributed by atoms with Gasteiger partial charge in [-0.1, -0.05) is 0 Å². The number of ether oxygens (including phenoxy) is 1. The fourth-order valence-corrected chi connectivity index (χ4v) is 1.61. The van der Waals surface area contributed by atoms with E-state index in [2.05, 4.69) is 0 Å². The molecule has 0 aliphatic heterocycles. The molecule has 1 fully saturated rings. The van der Waals surface area contributed by atoms with Gasteiger partial charge in [-0.25, -0.2) is 0 Å². The summed E-state index contributed by atoms with van der Waals surface area (Å²) in [6.45, 7) is 0.274. The maximum absolute atomic E-state index is 11.5. The second-order valence-corrected chi connectivity index (χ2v) is 3.43. The molecule has 0 bridgehead atoms. The third-order valence-electron chi connectivity index (χ3n) is 2.36. The summed E-state index contributed by atoms with van der Waals surface area (Å²) >= 11 is 0. The molecule has 0 aromatic rings. The molecule has 0 radical (unpaired) electrons. The van der Waals surface area contributed by atoms with Gasteiger partial charge in [-0.2, -0.15) is 0 Å². The highest BCUT2D eigenvalue weighted by molar-refractivity contribution is 6.20. The molecule has 1 saturated carbocycles. The molecular weight excluding hydrogens is 184 g/mol. The fraction of sp³-hybridized carbons (Fsp3) is 0.700. The van der Waals surface area contributed by atoms with Gasteiger partial charge in [-0.3, -0.25) is 14.4 Å². The van der Waals surface area contributed by atoms with Crippen LogP contribution in [0.2, 0.25) is 0 Å². The average Bonchev–Trinajstić information content (AvgIpc) is 2.14. The van der Waals surface area contributed by atoms with E-state index in [-0.39, 0.29) is 30.4 Å². The van der Waals surface area contributed by atoms with Crippen molar-refractivity contribution >= 4 is 17.3 Å². The Balaban J connectivity index is 2.58. The van der Waals surface area contributed by atoms with Gasteiger partial charge in [0, 0.05) is 26.4 Å². The second-order valence-electron chi connectivity index (χ2n) is 3.43. The zero-order valence-electron chi connectivity index (χ0n) is 8.25. The molecule has 0 spiro atoms. The van der Waals surface area contributed by atoms with Crippen LogP contribution in [0, 0.1) is 5.92 Å². The molecular formula is C10H14O4. The number of carbonyl (C=O) groups is 3. The van der Waals surface area contributed by atoms with Gasteiger partial charge in [0.15, 0.2) is 17.3 Å². The minimum Gasteiger partial charge on any atom is -0.384 e. The first-order valence-electron chi connectivity index (χ1n) is 4.74. The zero-order valence-corrected chi connectivity index (χ0v) is 8.25. The van der Waals surface area contributed by atoms with Crippen LogP contribution in [0.25, 0.3) is 0 Å². The van der Waals surface area contributed by atoms with Gasteiger partial charge < -0.3 is 4.74 Å². The number of carbonyl (C=O) groups excluding carboxylic acids is 3. The van der Waals surface area contributed by atoms with Crippen molar-refractivity contribution in [3.05, 3.63) is 0 Å². The van der Waals surface area contributed by atoms with Crippen LogP contribution in [0.15, 0.2) is 0 Å². The number of rotatable bonds is 4. The summed E-state index contributed by atoms with van der Waals surface area (Å²) < 4.78 is 4.73. The van der Waals surface area contributed by atoms with Crippen LogP contribution in [0.3, 0.4) is 0 Å². The molecule has 1 aliphatic carbocycles. The van der Waals surface area contributed by atoms with Crippen molar-refractivity contribution in [3.8, 4) is 0 Å². The summed E-state index contributed by atoms with van der Waals surface area (Å²) in [6, 6.07) is 0. The molecule has 78 valence electrons. The summed E-state index contributed by atoms with van der Waals surface area (Å²) in [5.41, 5.74) is 0. The lowest BCUT2D eigenvalue weighted by Gasteiger charge is -2.17. The number of hydrogen-bond donors (Lipinski definition) is 0. The molecule has 4 nitrogen and oxygen atoms in total. The maximum Gasteiger partial charge on any atom is 0.153 e. The van der Waals surface area contributed by atoms with Crippen LogP contribution in [0.1, 0.15) is 25.7 Å². The standard InChI is InChI=1S/C10H14O4/c1-14-6-5-9(13)10-7(11)3-2-4-8(10)12/h10H,2-6H2,1H3. The van der Waals surface area contributed by atoms with Crippen LogP contribution in [0.5, 0.6) is 0 Å². The van der Waals surface area contributed by atoms with Crippen LogP contribution in [-0.2, 0) is 19.1 Å². The second kappa shape index (κ2) is 5.00. The zero-order chi connectivity index (χ0) is 10.6. The maximum atomic E-state index is 11.5. The van der Waals surface area contributed by atoms with Crippen molar-refractivity contribution in [1.82, 2.24) is 0 Å². The van der Waals surface area contributed by atoms with E-state index < -0.39 is 5.92 Å². The lowest BCUT2D eigenvalue weighted by atomic mass is 9.83. The third kappa shape index (κ3) is 2.48. The SMILES string of the molecule is COCCC(=O)C1C(=O)CCCC1=O. The molecule has 0 amide bonds. The van der Waals surface area contributed by atoms with Crippen LogP contribution in [0.4, 0.5) is 0 Å². The van der Waals surface area contributed by atoms with E-state index in [1.165, 1.54) is 7.11 Å². The van der Waals surface area contributed by atoms with E-state index in [0.717, 1.165) is 0 Å². The van der Waals surface area contributed by atoms with Crippen molar-refractivity contribution in [1.29, 1.82) is 0 Å². The molecule has 1 rings (SSSR count). The van der Waals surface area contributed by atoms with Gasteiger partial charge in [0.25, 0.3) is 0 Å². The average molecular weight is 198 g/mol. The van der Waals surface area contributed by atoms with Gasteiger partial charge in [-0.05, 0) is 6.42 Å². The van der Waals surface area contributed by atoms with Crippen molar-refractivity contribution in [3.63, 3.8) is 0 Å². The molecule has 0 aromatic carbocycles. The van der Waals surface area contributed by atoms with Gasteiger partial charge in [-0.15, -0.1) is 0 Å². The number of ketones is 3. The minimum absolute atomic E-state index is 0.151. The molecule has 0 unspecified atom stereocenters. The summed E-state index contributed by atoms with van der Waals surface area (Å²) in [5.74, 6) is -1.72. The van der Waals surface area contributed by atoms with Crippen molar-refractivity contribution < 1.29 is 19.1 Å². The Bertz CT molecular complexity index is 241. The Morgan fingerprint density at radius 1 is 1.36 bits per heavy atom. The molecule has 0 aromatic heterocycles. The first kappa shape index (κ1) is 11.0. The Labute approximate surface area is 82.6 Å². The normalized spacial score (nSPS) is 18.6. The molecule has 4 heteroatoms. The van der Waals surface area contributed by atoms with E-state index in [9.17, 15) is 14.4 Å². The Morgan fingerprint density at radius 3 is 2.43 bits per heavy atom. The number of methoxy groups -OCH3 is 1. The van der Waals surface area contributed by atoms with E-state index in [1.54, 1.807) is 0 Å². The first-order chi connectivity index (χ1) is 6.66. The summed E-state index contributed by atoms with van der Waals surface area (Å²) in [4.78, 5) is 34.1. The smallest absolute Gasteiger partial charge is 0.153 e. The predicted molar refractivity (Wildman–Crippen MR) is 48.9 cm³/mol. The molecule has 0 heterocycles. The van der Waals surface area contributed by atoms with E-state index >= 15 is 0 Å². The largest absolute Gasteiger partial charge is 0.384 e. The Morgan fingerprint density at radius 2 is 1.93 bits per heavy atom. The third-order valence-corrected chi connectivity index (χ3v) is 2.36. The van der Waals surface area contributed by atoms with Gasteiger partial charge in [0.05, 0.1) is 6.61 Å². The quantitative estimate of drug-likeness (QED) is 0.618. The highest BCUT2D eigenvalue weighted by Gasteiger charge is 2.35. The molecule has 0 saturated heterocycles. The van der Waals surface area contributed by atoms with Gasteiger partial charge in [0.2, 0.25) is 0 Å². The van der Waals surface area contributed by atoms with E-state index in [1.807, 2.05) is 0 Å². The lowest BCUT2D eigenvalue weighted by molar-refractivity contribution is -0.142. The van der Waals surface area contributed by atoms with E-state index in [4.69, 9.17) is 4.74 Å². The summed E-state index contributed by atoms with van der Waals surface area (Å²) in [7, 11) is 1.48. The minimum atomic E-state index is -0.987. The predicted octanol–water partition coefficient (Wildman–Crippen LogP) is 0.530. The molecule has 0 atom stereocenters. The monoisotopic (exact) mass is 198 g/mol.